The third kappa shape index (κ3) is 4.27. The number of rotatable bonds is 8. The zero-order valence-electron chi connectivity index (χ0n) is 12.1. The van der Waals surface area contributed by atoms with Crippen molar-refractivity contribution in [3.63, 3.8) is 0 Å². The number of hydrogen-bond donors (Lipinski definition) is 1. The summed E-state index contributed by atoms with van der Waals surface area (Å²) in [5, 5.41) is 3.24. The summed E-state index contributed by atoms with van der Waals surface area (Å²) in [5.74, 6) is 0. The number of hydrogen-bond acceptors (Lipinski definition) is 4. The number of likely N-dealkylation sites (N-methyl/N-ethyl adjacent to an activating group) is 1. The number of nitrogens with one attached hydrogen (secondary N) is 1. The van der Waals surface area contributed by atoms with Gasteiger partial charge in [-0.2, -0.15) is 4.31 Å². The molecule has 1 aromatic heterocycles. The average molecular weight is 304 g/mol. The highest BCUT2D eigenvalue weighted by Crippen LogP contribution is 2.26. The molecular weight excluding hydrogens is 280 g/mol. The van der Waals surface area contributed by atoms with Crippen LogP contribution in [0.5, 0.6) is 0 Å². The van der Waals surface area contributed by atoms with Gasteiger partial charge in [-0.05, 0) is 45.0 Å². The first-order valence-corrected chi connectivity index (χ1v) is 8.96. The summed E-state index contributed by atoms with van der Waals surface area (Å²) in [6.07, 6.45) is 1.69. The molecule has 0 saturated heterocycles. The largest absolute Gasteiger partial charge is 0.317 e. The molecule has 1 rings (SSSR count). The third-order valence-corrected chi connectivity index (χ3v) is 6.86. The van der Waals surface area contributed by atoms with Crippen LogP contribution in [0, 0.1) is 0 Å². The summed E-state index contributed by atoms with van der Waals surface area (Å²) in [6.45, 7) is 7.81. The molecule has 1 unspecified atom stereocenters. The van der Waals surface area contributed by atoms with E-state index in [2.05, 4.69) is 12.2 Å². The van der Waals surface area contributed by atoms with Crippen molar-refractivity contribution in [1.82, 2.24) is 9.62 Å². The summed E-state index contributed by atoms with van der Waals surface area (Å²) in [7, 11) is -1.67. The monoisotopic (exact) mass is 304 g/mol. The second-order valence-corrected chi connectivity index (χ2v) is 8.00. The number of sulfonamides is 1. The van der Waals surface area contributed by atoms with E-state index in [9.17, 15) is 8.42 Å². The first kappa shape index (κ1) is 16.6. The normalized spacial score (nSPS) is 13.9. The molecule has 0 aliphatic rings. The lowest BCUT2D eigenvalue weighted by atomic mass is 10.3. The van der Waals surface area contributed by atoms with Crippen LogP contribution in [0.1, 0.15) is 32.1 Å². The molecule has 1 aromatic rings. The van der Waals surface area contributed by atoms with Crippen molar-refractivity contribution in [2.24, 2.45) is 0 Å². The predicted octanol–water partition coefficient (Wildman–Crippen LogP) is 2.32. The molecule has 0 aromatic carbocycles. The van der Waals surface area contributed by atoms with E-state index < -0.39 is 10.0 Å². The van der Waals surface area contributed by atoms with Crippen molar-refractivity contribution < 1.29 is 8.42 Å². The first-order valence-electron chi connectivity index (χ1n) is 6.70. The van der Waals surface area contributed by atoms with Crippen LogP contribution in [0.4, 0.5) is 0 Å². The lowest BCUT2D eigenvalue weighted by Crippen LogP contribution is -2.34. The minimum Gasteiger partial charge on any atom is -0.317 e. The Kier molecular flexibility index (Phi) is 6.46. The van der Waals surface area contributed by atoms with Gasteiger partial charge in [-0.3, -0.25) is 0 Å². The minimum absolute atomic E-state index is 0.0253. The Bertz CT molecular complexity index is 483. The molecule has 1 heterocycles. The van der Waals surface area contributed by atoms with Crippen molar-refractivity contribution in [2.45, 2.75) is 43.9 Å². The summed E-state index contributed by atoms with van der Waals surface area (Å²) in [4.78, 5) is 1.11. The van der Waals surface area contributed by atoms with E-state index in [0.29, 0.717) is 4.21 Å². The zero-order chi connectivity index (χ0) is 14.5. The summed E-state index contributed by atoms with van der Waals surface area (Å²) >= 11 is 1.38. The summed E-state index contributed by atoms with van der Waals surface area (Å²) < 4.78 is 26.7. The second kappa shape index (κ2) is 7.38. The number of nitrogens with zero attached hydrogens (tertiary/aromatic N) is 1. The lowest BCUT2D eigenvalue weighted by Gasteiger charge is -2.22. The van der Waals surface area contributed by atoms with Crippen LogP contribution >= 0.6 is 11.3 Å². The maximum absolute atomic E-state index is 12.4. The van der Waals surface area contributed by atoms with E-state index >= 15 is 0 Å². The van der Waals surface area contributed by atoms with Crippen LogP contribution in [0.15, 0.2) is 16.3 Å². The zero-order valence-corrected chi connectivity index (χ0v) is 13.8. The quantitative estimate of drug-likeness (QED) is 0.750. The molecule has 6 heteroatoms. The smallest absolute Gasteiger partial charge is 0.252 e. The Balaban J connectivity index is 2.79. The fourth-order valence-electron chi connectivity index (χ4n) is 1.66. The van der Waals surface area contributed by atoms with Gasteiger partial charge in [0.2, 0.25) is 0 Å². The molecule has 0 spiro atoms. The van der Waals surface area contributed by atoms with Gasteiger partial charge in [0.05, 0.1) is 0 Å². The van der Waals surface area contributed by atoms with Crippen LogP contribution < -0.4 is 5.32 Å². The molecule has 0 fully saturated rings. The number of thiophene rings is 1. The Morgan fingerprint density at radius 2 is 2.05 bits per heavy atom. The molecule has 0 amide bonds. The minimum atomic E-state index is -3.33. The molecule has 1 N–H and O–H groups in total. The SMILES string of the molecule is CCNCCc1ccc(S(=O)(=O)N(C)C(C)CC)s1. The molecule has 0 aliphatic heterocycles. The van der Waals surface area contributed by atoms with E-state index in [1.807, 2.05) is 19.9 Å². The Hall–Kier alpha value is -0.430. The highest BCUT2D eigenvalue weighted by atomic mass is 32.2. The van der Waals surface area contributed by atoms with Crippen LogP contribution in [-0.2, 0) is 16.4 Å². The van der Waals surface area contributed by atoms with Gasteiger partial charge < -0.3 is 5.32 Å². The van der Waals surface area contributed by atoms with Crippen molar-refractivity contribution in [1.29, 1.82) is 0 Å². The molecule has 0 radical (unpaired) electrons. The molecule has 110 valence electrons. The summed E-state index contributed by atoms with van der Waals surface area (Å²) in [6, 6.07) is 3.66. The molecule has 0 saturated carbocycles. The van der Waals surface area contributed by atoms with Gasteiger partial charge in [0.15, 0.2) is 0 Å². The Morgan fingerprint density at radius 1 is 1.37 bits per heavy atom. The van der Waals surface area contributed by atoms with Gasteiger partial charge >= 0.3 is 0 Å². The van der Waals surface area contributed by atoms with Gasteiger partial charge in [-0.1, -0.05) is 13.8 Å². The third-order valence-electron chi connectivity index (χ3n) is 3.28. The van der Waals surface area contributed by atoms with Gasteiger partial charge in [0.25, 0.3) is 10.0 Å². The predicted molar refractivity (Wildman–Crippen MR) is 81.3 cm³/mol. The van der Waals surface area contributed by atoms with E-state index in [1.54, 1.807) is 13.1 Å². The maximum atomic E-state index is 12.4. The molecule has 0 bridgehead atoms. The van der Waals surface area contributed by atoms with E-state index in [0.717, 1.165) is 30.8 Å². The van der Waals surface area contributed by atoms with Crippen molar-refractivity contribution in [3.05, 3.63) is 17.0 Å². The average Bonchev–Trinajstić information content (AvgIpc) is 2.86. The molecule has 0 aliphatic carbocycles. The van der Waals surface area contributed by atoms with Crippen LogP contribution in [0.25, 0.3) is 0 Å². The topological polar surface area (TPSA) is 49.4 Å². The molecular formula is C13H24N2O2S2. The molecule has 1 atom stereocenters. The van der Waals surface area contributed by atoms with Gasteiger partial charge in [0, 0.05) is 18.0 Å². The van der Waals surface area contributed by atoms with Gasteiger partial charge in [-0.25, -0.2) is 8.42 Å². The Labute approximate surface area is 120 Å². The van der Waals surface area contributed by atoms with E-state index in [4.69, 9.17) is 0 Å². The lowest BCUT2D eigenvalue weighted by molar-refractivity contribution is 0.381. The Morgan fingerprint density at radius 3 is 2.63 bits per heavy atom. The van der Waals surface area contributed by atoms with E-state index in [-0.39, 0.29) is 6.04 Å². The van der Waals surface area contributed by atoms with Gasteiger partial charge in [-0.15, -0.1) is 11.3 Å². The van der Waals surface area contributed by atoms with Crippen LogP contribution in [-0.4, -0.2) is 38.9 Å². The fraction of sp³-hybridized carbons (Fsp3) is 0.692. The summed E-state index contributed by atoms with van der Waals surface area (Å²) in [5.41, 5.74) is 0. The van der Waals surface area contributed by atoms with Gasteiger partial charge in [0.1, 0.15) is 4.21 Å². The van der Waals surface area contributed by atoms with Crippen LogP contribution in [0.2, 0.25) is 0 Å². The van der Waals surface area contributed by atoms with Crippen LogP contribution in [0.3, 0.4) is 0 Å². The van der Waals surface area contributed by atoms with E-state index in [1.165, 1.54) is 15.6 Å². The van der Waals surface area contributed by atoms with Crippen molar-refractivity contribution in [3.8, 4) is 0 Å². The molecule has 19 heavy (non-hydrogen) atoms. The highest BCUT2D eigenvalue weighted by molar-refractivity contribution is 7.91. The second-order valence-electron chi connectivity index (χ2n) is 4.60. The van der Waals surface area contributed by atoms with Crippen molar-refractivity contribution in [2.75, 3.05) is 20.1 Å². The highest BCUT2D eigenvalue weighted by Gasteiger charge is 2.25. The molecule has 4 nitrogen and oxygen atoms in total. The first-order chi connectivity index (χ1) is 8.93. The maximum Gasteiger partial charge on any atom is 0.252 e. The standard InChI is InChI=1S/C13H24N2O2S2/c1-5-11(3)15(4)19(16,17)13-8-7-12(18-13)9-10-14-6-2/h7-8,11,14H,5-6,9-10H2,1-4H3. The van der Waals surface area contributed by atoms with Crippen molar-refractivity contribution >= 4 is 21.4 Å². The fourth-order valence-corrected chi connectivity index (χ4v) is 4.63.